The quantitative estimate of drug-likeness (QED) is 0.0892. The summed E-state index contributed by atoms with van der Waals surface area (Å²) in [7, 11) is -1.07. The van der Waals surface area contributed by atoms with Gasteiger partial charge in [0.15, 0.2) is 0 Å². The van der Waals surface area contributed by atoms with Crippen molar-refractivity contribution in [1.82, 2.24) is 0 Å². The monoisotopic (exact) mass is 1050 g/mol. The average Bonchev–Trinajstić information content (AvgIpc) is 3.91. The first-order chi connectivity index (χ1) is 37.2. The van der Waals surface area contributed by atoms with Crippen molar-refractivity contribution >= 4 is 99.5 Å². The van der Waals surface area contributed by atoms with E-state index < -0.39 is 36.6 Å². The van der Waals surface area contributed by atoms with Crippen LogP contribution in [0.25, 0.3) is 0 Å². The fourth-order valence-electron chi connectivity index (χ4n) is 12.0. The number of hydrogen-bond acceptors (Lipinski definition) is 7. The summed E-state index contributed by atoms with van der Waals surface area (Å²) in [6, 6.07) is 55.4. The molecule has 10 heteroatoms. The normalized spacial score (nSPS) is 17.7. The summed E-state index contributed by atoms with van der Waals surface area (Å²) in [6.45, 7) is 35.3. The molecule has 0 saturated carbocycles. The van der Waals surface area contributed by atoms with Gasteiger partial charge >= 0.3 is 14.2 Å². The third kappa shape index (κ3) is 9.97. The summed E-state index contributed by atoms with van der Waals surface area (Å²) in [4.78, 5) is 7.48. The summed E-state index contributed by atoms with van der Waals surface area (Å²) < 4.78 is 26.8. The molecule has 4 heterocycles. The van der Waals surface area contributed by atoms with Gasteiger partial charge in [0.2, 0.25) is 0 Å². The number of unbranched alkanes of at least 4 members (excludes halogenated alkanes) is 3. The van der Waals surface area contributed by atoms with Gasteiger partial charge in [-0.05, 0) is 214 Å². The summed E-state index contributed by atoms with van der Waals surface area (Å²) in [5.74, 6) is 0. The molecule has 0 amide bonds. The maximum absolute atomic E-state index is 6.71. The number of benzene rings is 7. The molecule has 0 aromatic heterocycles. The van der Waals surface area contributed by atoms with Crippen molar-refractivity contribution in [2.75, 3.05) is 14.7 Å². The fourth-order valence-corrected chi connectivity index (χ4v) is 12.0. The summed E-state index contributed by atoms with van der Waals surface area (Å²) >= 11 is 0. The molecule has 4 aliphatic rings. The minimum Gasteiger partial charge on any atom is -0.399 e. The highest BCUT2D eigenvalue weighted by molar-refractivity contribution is 7.00. The van der Waals surface area contributed by atoms with Crippen LogP contribution in [0.3, 0.4) is 0 Å². The number of hydrogen-bond donors (Lipinski definition) is 0. The second kappa shape index (κ2) is 19.9. The van der Waals surface area contributed by atoms with Gasteiger partial charge in [0, 0.05) is 51.2 Å². The lowest BCUT2D eigenvalue weighted by Gasteiger charge is -2.45. The van der Waals surface area contributed by atoms with Crippen LogP contribution in [0, 0.1) is 6.92 Å². The van der Waals surface area contributed by atoms with Crippen LogP contribution in [0.15, 0.2) is 146 Å². The second-order valence-corrected chi connectivity index (χ2v) is 27.1. The van der Waals surface area contributed by atoms with E-state index in [2.05, 4.69) is 271 Å². The van der Waals surface area contributed by atoms with Crippen LogP contribution in [0.5, 0.6) is 0 Å². The predicted molar refractivity (Wildman–Crippen MR) is 337 cm³/mol. The van der Waals surface area contributed by atoms with Crippen molar-refractivity contribution in [1.29, 1.82) is 0 Å². The molecule has 4 aliphatic heterocycles. The molecule has 7 aromatic carbocycles. The van der Waals surface area contributed by atoms with Crippen LogP contribution in [0.4, 0.5) is 51.2 Å². The average molecular weight is 1050 g/mol. The van der Waals surface area contributed by atoms with Gasteiger partial charge in [0.05, 0.1) is 22.4 Å². The lowest BCUT2D eigenvalue weighted by Crippen LogP contribution is -2.61. The molecular weight excluding hydrogens is 967 g/mol. The third-order valence-electron chi connectivity index (χ3n) is 18.1. The molecule has 0 spiro atoms. The van der Waals surface area contributed by atoms with E-state index in [0.29, 0.717) is 0 Å². The molecule has 0 atom stereocenters. The van der Waals surface area contributed by atoms with E-state index in [0.717, 1.165) is 51.5 Å². The Bertz CT molecular complexity index is 3320. The molecule has 79 heavy (non-hydrogen) atoms. The zero-order chi connectivity index (χ0) is 56.2. The Morgan fingerprint density at radius 3 is 1.44 bits per heavy atom. The molecule has 0 unspecified atom stereocenters. The van der Waals surface area contributed by atoms with E-state index in [1.165, 1.54) is 81.4 Å². The van der Waals surface area contributed by atoms with Crippen LogP contribution in [-0.4, -0.2) is 43.4 Å². The van der Waals surface area contributed by atoms with Gasteiger partial charge in [-0.3, -0.25) is 0 Å². The highest BCUT2D eigenvalue weighted by atomic mass is 16.7. The van der Waals surface area contributed by atoms with E-state index in [9.17, 15) is 0 Å². The molecule has 2 saturated heterocycles. The van der Waals surface area contributed by atoms with Crippen molar-refractivity contribution in [3.05, 3.63) is 168 Å². The number of aryl methyl sites for hydroxylation is 2. The molecule has 11 rings (SSSR count). The van der Waals surface area contributed by atoms with Crippen LogP contribution in [0.1, 0.15) is 152 Å². The molecule has 2 fully saturated rings. The molecule has 0 radical (unpaired) electrons. The van der Waals surface area contributed by atoms with Crippen LogP contribution in [-0.2, 0) is 35.9 Å². The van der Waals surface area contributed by atoms with Crippen LogP contribution in [0.2, 0.25) is 0 Å². The van der Waals surface area contributed by atoms with Gasteiger partial charge in [-0.1, -0.05) is 134 Å². The number of anilines is 9. The predicted octanol–water partition coefficient (Wildman–Crippen LogP) is 14.9. The van der Waals surface area contributed by atoms with Gasteiger partial charge in [-0.15, -0.1) is 0 Å². The zero-order valence-corrected chi connectivity index (χ0v) is 50.1. The topological polar surface area (TPSA) is 46.6 Å². The highest BCUT2D eigenvalue weighted by Crippen LogP contribution is 2.48. The van der Waals surface area contributed by atoms with Crippen LogP contribution >= 0.6 is 0 Å². The Morgan fingerprint density at radius 1 is 0.456 bits per heavy atom. The molecule has 0 bridgehead atoms. The first kappa shape index (κ1) is 54.9. The lowest BCUT2D eigenvalue weighted by atomic mass is 9.33. The van der Waals surface area contributed by atoms with E-state index in [4.69, 9.17) is 18.6 Å². The van der Waals surface area contributed by atoms with Crippen molar-refractivity contribution < 1.29 is 18.6 Å². The van der Waals surface area contributed by atoms with Gasteiger partial charge in [0.1, 0.15) is 0 Å². The summed E-state index contributed by atoms with van der Waals surface area (Å²) in [5.41, 5.74) is 19.0. The molecular formula is C69H82B3N3O4. The minimum absolute atomic E-state index is 0.0310. The summed E-state index contributed by atoms with van der Waals surface area (Å²) in [5, 5.41) is 0. The fraction of sp³-hybridized carbons (Fsp3) is 0.391. The molecule has 0 aliphatic carbocycles. The Morgan fingerprint density at radius 2 is 0.937 bits per heavy atom. The van der Waals surface area contributed by atoms with Crippen molar-refractivity contribution in [2.24, 2.45) is 0 Å². The van der Waals surface area contributed by atoms with Gasteiger partial charge in [0.25, 0.3) is 6.71 Å². The SMILES string of the molecule is CCCCCCc1ccc(N2c3cc(N(c4cccc(B5OC(C)(C)C(C)(C)O5)c4)c4cccc(B5OC(C)(C)C(C)(C)O5)c4)ccc3B3c4cc(C(C)(C)C)ccc4N(c4ccc(C(C)(C)C)cc4)c4cc(C)cc2c43)cc1. The Kier molecular flexibility index (Phi) is 13.8. The maximum Gasteiger partial charge on any atom is 0.494 e. The smallest absolute Gasteiger partial charge is 0.399 e. The molecule has 406 valence electrons. The molecule has 7 aromatic rings. The van der Waals surface area contributed by atoms with E-state index in [1.54, 1.807) is 0 Å². The summed E-state index contributed by atoms with van der Waals surface area (Å²) in [6.07, 6.45) is 6.02. The van der Waals surface area contributed by atoms with E-state index in [1.807, 2.05) is 0 Å². The van der Waals surface area contributed by atoms with Gasteiger partial charge in [-0.2, -0.15) is 0 Å². The number of nitrogens with zero attached hydrogens (tertiary/aromatic N) is 3. The van der Waals surface area contributed by atoms with Crippen molar-refractivity contribution in [3.8, 4) is 0 Å². The van der Waals surface area contributed by atoms with E-state index in [-0.39, 0.29) is 17.5 Å². The van der Waals surface area contributed by atoms with Crippen LogP contribution < -0.4 is 42.0 Å². The first-order valence-corrected chi connectivity index (χ1v) is 29.2. The first-order valence-electron chi connectivity index (χ1n) is 29.2. The highest BCUT2D eigenvalue weighted by Gasteiger charge is 2.53. The zero-order valence-electron chi connectivity index (χ0n) is 50.1. The van der Waals surface area contributed by atoms with Crippen molar-refractivity contribution in [2.45, 2.75) is 176 Å². The van der Waals surface area contributed by atoms with Gasteiger partial charge < -0.3 is 33.3 Å². The molecule has 0 N–H and O–H groups in total. The largest absolute Gasteiger partial charge is 0.494 e. The molecule has 7 nitrogen and oxygen atoms in total. The Labute approximate surface area is 474 Å². The van der Waals surface area contributed by atoms with E-state index >= 15 is 0 Å². The Hall–Kier alpha value is -6.03. The lowest BCUT2D eigenvalue weighted by molar-refractivity contribution is 0.00578. The minimum atomic E-state index is -0.536. The second-order valence-electron chi connectivity index (χ2n) is 27.1. The van der Waals surface area contributed by atoms with Crippen molar-refractivity contribution in [3.63, 3.8) is 0 Å². The Balaban J connectivity index is 1.14. The third-order valence-corrected chi connectivity index (χ3v) is 18.1. The van der Waals surface area contributed by atoms with Gasteiger partial charge in [-0.25, -0.2) is 0 Å². The number of fused-ring (bicyclic) bond motifs is 4. The number of rotatable bonds is 12. The maximum atomic E-state index is 6.71. The standard InChI is InChI=1S/C69H82B3N3O4/c1-17-18-19-20-23-47-28-33-52(34-29-47)75-60-45-56(73(54-26-21-24-50(43-54)71-76-66(9,10)67(11,12)77-71)55-27-22-25-51(44-55)72-78-68(13,14)69(15,16)79-72)37-38-57(60)70-58-42-49(65(6,7)8)32-39-59(58)74(61-40-46(2)41-62(75)63(61)70)53-35-30-48(31-36-53)64(3,4)5/h21-22,24-45H,17-20,23H2,1-16H3.